The molecule has 25 heavy (non-hydrogen) atoms. The van der Waals surface area contributed by atoms with Gasteiger partial charge in [-0.3, -0.25) is 4.79 Å². The van der Waals surface area contributed by atoms with Gasteiger partial charge in [0.15, 0.2) is 0 Å². The number of aryl methyl sites for hydroxylation is 1. The fourth-order valence-corrected chi connectivity index (χ4v) is 3.74. The minimum Gasteiger partial charge on any atom is -0.326 e. The quantitative estimate of drug-likeness (QED) is 0.743. The molecule has 0 aliphatic heterocycles. The molecule has 0 spiro atoms. The van der Waals surface area contributed by atoms with Gasteiger partial charge in [-0.2, -0.15) is 0 Å². The van der Waals surface area contributed by atoms with Crippen molar-refractivity contribution < 1.29 is 4.79 Å². The number of carbonyl (C=O) groups excluding carboxylic acids is 1. The number of nitrogens with zero attached hydrogens (tertiary/aromatic N) is 2. The molecular weight excluding hydrogens is 310 g/mol. The molecule has 1 aromatic carbocycles. The van der Waals surface area contributed by atoms with E-state index >= 15 is 0 Å². The number of anilines is 1. The van der Waals surface area contributed by atoms with Gasteiger partial charge in [0.1, 0.15) is 5.65 Å². The van der Waals surface area contributed by atoms with Crippen LogP contribution in [0.1, 0.15) is 37.7 Å². The lowest BCUT2D eigenvalue weighted by molar-refractivity contribution is -0.117. The highest BCUT2D eigenvalue weighted by Gasteiger charge is 2.18. The maximum Gasteiger partial charge on any atom is 0.224 e. The molecule has 1 aliphatic rings. The Hall–Kier alpha value is -2.62. The molecule has 1 fully saturated rings. The van der Waals surface area contributed by atoms with E-state index < -0.39 is 0 Å². The van der Waals surface area contributed by atoms with Crippen molar-refractivity contribution in [2.24, 2.45) is 5.92 Å². The van der Waals surface area contributed by atoms with E-state index in [1.807, 2.05) is 47.1 Å². The van der Waals surface area contributed by atoms with Crippen molar-refractivity contribution in [2.75, 3.05) is 5.32 Å². The number of hydrogen-bond acceptors (Lipinski definition) is 2. The lowest BCUT2D eigenvalue weighted by atomic mass is 10.0. The number of pyridine rings is 1. The summed E-state index contributed by atoms with van der Waals surface area (Å²) in [6.07, 6.45) is 9.58. The Morgan fingerprint density at radius 1 is 1.24 bits per heavy atom. The molecule has 1 N–H and O–H groups in total. The van der Waals surface area contributed by atoms with Crippen molar-refractivity contribution in [3.8, 4) is 11.3 Å². The van der Waals surface area contributed by atoms with Crippen LogP contribution in [0, 0.1) is 12.8 Å². The van der Waals surface area contributed by atoms with E-state index in [-0.39, 0.29) is 5.91 Å². The summed E-state index contributed by atoms with van der Waals surface area (Å²) in [4.78, 5) is 17.0. The third-order valence-electron chi connectivity index (χ3n) is 5.07. The van der Waals surface area contributed by atoms with Gasteiger partial charge in [-0.25, -0.2) is 4.98 Å². The van der Waals surface area contributed by atoms with Crippen LogP contribution in [0.25, 0.3) is 16.9 Å². The van der Waals surface area contributed by atoms with Crippen LogP contribution >= 0.6 is 0 Å². The van der Waals surface area contributed by atoms with Gasteiger partial charge in [0, 0.05) is 30.1 Å². The second kappa shape index (κ2) is 6.71. The lowest BCUT2D eigenvalue weighted by Gasteiger charge is -2.10. The monoisotopic (exact) mass is 333 g/mol. The number of fused-ring (bicyclic) bond motifs is 1. The number of imidazole rings is 1. The minimum absolute atomic E-state index is 0.120. The van der Waals surface area contributed by atoms with Gasteiger partial charge in [0.25, 0.3) is 0 Å². The van der Waals surface area contributed by atoms with E-state index in [0.29, 0.717) is 12.3 Å². The fourth-order valence-electron chi connectivity index (χ4n) is 3.74. The van der Waals surface area contributed by atoms with Crippen molar-refractivity contribution in [2.45, 2.75) is 39.0 Å². The summed E-state index contributed by atoms with van der Waals surface area (Å²) in [5, 5.41) is 3.05. The van der Waals surface area contributed by atoms with Crippen LogP contribution < -0.4 is 5.32 Å². The van der Waals surface area contributed by atoms with Crippen molar-refractivity contribution in [3.63, 3.8) is 0 Å². The summed E-state index contributed by atoms with van der Waals surface area (Å²) < 4.78 is 2.04. The summed E-state index contributed by atoms with van der Waals surface area (Å²) >= 11 is 0. The maximum absolute atomic E-state index is 12.3. The summed E-state index contributed by atoms with van der Waals surface area (Å²) in [5.74, 6) is 0.680. The van der Waals surface area contributed by atoms with Crippen LogP contribution in [0.15, 0.2) is 48.8 Å². The molecule has 1 aliphatic carbocycles. The summed E-state index contributed by atoms with van der Waals surface area (Å²) in [5.41, 5.74) is 4.89. The van der Waals surface area contributed by atoms with Crippen LogP contribution in [0.4, 0.5) is 5.69 Å². The number of benzene rings is 1. The first-order valence-electron chi connectivity index (χ1n) is 9.04. The highest BCUT2D eigenvalue weighted by Crippen LogP contribution is 2.28. The fraction of sp³-hybridized carbons (Fsp3) is 0.333. The Bertz CT molecular complexity index is 906. The molecular formula is C21H23N3O. The molecule has 1 amide bonds. The van der Waals surface area contributed by atoms with Gasteiger partial charge in [-0.1, -0.05) is 31.0 Å². The first-order chi connectivity index (χ1) is 12.2. The number of amides is 1. The first kappa shape index (κ1) is 15.9. The second-order valence-electron chi connectivity index (χ2n) is 7.03. The van der Waals surface area contributed by atoms with Crippen molar-refractivity contribution in [3.05, 3.63) is 54.4 Å². The van der Waals surface area contributed by atoms with E-state index in [2.05, 4.69) is 18.3 Å². The van der Waals surface area contributed by atoms with Crippen LogP contribution in [0.5, 0.6) is 0 Å². The van der Waals surface area contributed by atoms with E-state index in [0.717, 1.165) is 28.2 Å². The van der Waals surface area contributed by atoms with Gasteiger partial charge in [-0.15, -0.1) is 0 Å². The predicted molar refractivity (Wildman–Crippen MR) is 101 cm³/mol. The van der Waals surface area contributed by atoms with Crippen molar-refractivity contribution in [1.82, 2.24) is 9.38 Å². The Morgan fingerprint density at radius 3 is 2.88 bits per heavy atom. The molecule has 1 saturated carbocycles. The second-order valence-corrected chi connectivity index (χ2v) is 7.03. The molecule has 3 aromatic rings. The topological polar surface area (TPSA) is 46.4 Å². The number of carbonyl (C=O) groups is 1. The van der Waals surface area contributed by atoms with Crippen molar-refractivity contribution >= 4 is 17.2 Å². The molecule has 4 heteroatoms. The first-order valence-corrected chi connectivity index (χ1v) is 9.04. The summed E-state index contributed by atoms with van der Waals surface area (Å²) in [6, 6.07) is 12.0. The zero-order valence-corrected chi connectivity index (χ0v) is 14.5. The van der Waals surface area contributed by atoms with Gasteiger partial charge >= 0.3 is 0 Å². The molecule has 4 nitrogen and oxygen atoms in total. The zero-order chi connectivity index (χ0) is 17.2. The molecule has 2 heterocycles. The summed E-state index contributed by atoms with van der Waals surface area (Å²) in [7, 11) is 0. The van der Waals surface area contributed by atoms with Crippen LogP contribution in [0.2, 0.25) is 0 Å². The van der Waals surface area contributed by atoms with Gasteiger partial charge < -0.3 is 9.72 Å². The van der Waals surface area contributed by atoms with Gasteiger partial charge in [0.2, 0.25) is 5.91 Å². The smallest absolute Gasteiger partial charge is 0.224 e. The van der Waals surface area contributed by atoms with Crippen molar-refractivity contribution in [1.29, 1.82) is 0 Å². The molecule has 128 valence electrons. The van der Waals surface area contributed by atoms with E-state index in [1.165, 1.54) is 25.7 Å². The Labute approximate surface area is 147 Å². The third-order valence-corrected chi connectivity index (χ3v) is 5.07. The zero-order valence-electron chi connectivity index (χ0n) is 14.5. The molecule has 2 aromatic heterocycles. The van der Waals surface area contributed by atoms with Crippen LogP contribution in [-0.4, -0.2) is 15.3 Å². The number of rotatable bonds is 4. The molecule has 0 unspecified atom stereocenters. The minimum atomic E-state index is 0.120. The molecule has 0 atom stereocenters. The predicted octanol–water partition coefficient (Wildman–Crippen LogP) is 4.83. The number of hydrogen-bond donors (Lipinski definition) is 1. The summed E-state index contributed by atoms with van der Waals surface area (Å²) in [6.45, 7) is 2.06. The highest BCUT2D eigenvalue weighted by molar-refractivity contribution is 5.91. The molecule has 0 bridgehead atoms. The SMILES string of the molecule is Cc1cccn2cc(-c3cccc(NC(=O)CC4CCCC4)c3)nc12. The average Bonchev–Trinajstić information content (AvgIpc) is 3.25. The Balaban J connectivity index is 1.54. The largest absolute Gasteiger partial charge is 0.326 e. The normalized spacial score (nSPS) is 14.9. The van der Waals surface area contributed by atoms with E-state index in [9.17, 15) is 4.79 Å². The average molecular weight is 333 g/mol. The van der Waals surface area contributed by atoms with Gasteiger partial charge in [-0.05, 0) is 49.4 Å². The van der Waals surface area contributed by atoms with E-state index in [4.69, 9.17) is 4.98 Å². The van der Waals surface area contributed by atoms with E-state index in [1.54, 1.807) is 0 Å². The number of nitrogens with one attached hydrogen (secondary N) is 1. The lowest BCUT2D eigenvalue weighted by Crippen LogP contribution is -2.15. The standard InChI is InChI=1S/C21H23N3O/c1-15-6-5-11-24-14-19(23-21(15)24)17-9-4-10-18(13-17)22-20(25)12-16-7-2-3-8-16/h4-6,9-11,13-14,16H,2-3,7-8,12H2,1H3,(H,22,25). The third kappa shape index (κ3) is 3.43. The molecule has 4 rings (SSSR count). The number of aromatic nitrogens is 2. The molecule has 0 saturated heterocycles. The Kier molecular flexibility index (Phi) is 4.26. The Morgan fingerprint density at radius 2 is 2.08 bits per heavy atom. The maximum atomic E-state index is 12.3. The van der Waals surface area contributed by atoms with Gasteiger partial charge in [0.05, 0.1) is 5.69 Å². The van der Waals surface area contributed by atoms with Crippen LogP contribution in [-0.2, 0) is 4.79 Å². The van der Waals surface area contributed by atoms with Crippen LogP contribution in [0.3, 0.4) is 0 Å². The molecule has 0 radical (unpaired) electrons. The highest BCUT2D eigenvalue weighted by atomic mass is 16.1.